The molecule has 0 amide bonds. The summed E-state index contributed by atoms with van der Waals surface area (Å²) in [4.78, 5) is 2.38. The van der Waals surface area contributed by atoms with Crippen molar-refractivity contribution in [2.24, 2.45) is 0 Å². The highest BCUT2D eigenvalue weighted by Gasteiger charge is 2.17. The Kier molecular flexibility index (Phi) is 7.07. The molecule has 0 aliphatic carbocycles. The van der Waals surface area contributed by atoms with Gasteiger partial charge in [0, 0.05) is 42.5 Å². The maximum absolute atomic E-state index is 2.38. The van der Waals surface area contributed by atoms with Crippen LogP contribution in [0.3, 0.4) is 0 Å². The van der Waals surface area contributed by atoms with Crippen molar-refractivity contribution in [1.29, 1.82) is 0 Å². The van der Waals surface area contributed by atoms with Gasteiger partial charge < -0.3 is 4.90 Å². The smallest absolute Gasteiger partial charge is 0.0540 e. The van der Waals surface area contributed by atoms with Crippen LogP contribution in [0.2, 0.25) is 0 Å². The number of thiophene rings is 1. The molecule has 226 valence electrons. The van der Waals surface area contributed by atoms with Crippen LogP contribution in [0.25, 0.3) is 64.3 Å². The predicted octanol–water partition coefficient (Wildman–Crippen LogP) is 13.7. The standard InChI is InChI=1S/C46H31NS/c1-2-12-32(13-3-1)33-24-28-36(29-25-33)47(44-22-10-15-34-14-4-5-17-39(34)44)37-30-26-35(27-31-37)38-16-6-7-18-40(38)42-20-11-21-43-41-19-8-9-23-45(41)48-46(42)43/h1-31H. The Hall–Kier alpha value is -5.96. The molecule has 9 aromatic rings. The van der Waals surface area contributed by atoms with Gasteiger partial charge in [0.1, 0.15) is 0 Å². The normalized spacial score (nSPS) is 11.3. The highest BCUT2D eigenvalue weighted by molar-refractivity contribution is 7.26. The Morgan fingerprint density at radius 2 is 0.875 bits per heavy atom. The van der Waals surface area contributed by atoms with Gasteiger partial charge in [0.05, 0.1) is 5.69 Å². The fraction of sp³-hybridized carbons (Fsp3) is 0. The summed E-state index contributed by atoms with van der Waals surface area (Å²) in [7, 11) is 0. The summed E-state index contributed by atoms with van der Waals surface area (Å²) in [6, 6.07) is 68.0. The third-order valence-electron chi connectivity index (χ3n) is 9.30. The molecule has 0 aliphatic rings. The van der Waals surface area contributed by atoms with Crippen LogP contribution in [-0.2, 0) is 0 Å². The van der Waals surface area contributed by atoms with E-state index >= 15 is 0 Å². The van der Waals surface area contributed by atoms with Gasteiger partial charge in [-0.2, -0.15) is 0 Å². The number of anilines is 3. The molecule has 8 aromatic carbocycles. The fourth-order valence-electron chi connectivity index (χ4n) is 6.98. The summed E-state index contributed by atoms with van der Waals surface area (Å²) in [5, 5.41) is 5.09. The van der Waals surface area contributed by atoms with Crippen molar-refractivity contribution in [3.63, 3.8) is 0 Å². The molecule has 1 nitrogen and oxygen atoms in total. The zero-order valence-electron chi connectivity index (χ0n) is 26.3. The lowest BCUT2D eigenvalue weighted by Crippen LogP contribution is -2.10. The fourth-order valence-corrected chi connectivity index (χ4v) is 8.21. The van der Waals surface area contributed by atoms with Crippen LogP contribution in [-0.4, -0.2) is 0 Å². The van der Waals surface area contributed by atoms with Crippen molar-refractivity contribution < 1.29 is 0 Å². The van der Waals surface area contributed by atoms with Crippen molar-refractivity contribution in [3.05, 3.63) is 188 Å². The molecule has 1 aromatic heterocycles. The topological polar surface area (TPSA) is 3.24 Å². The quantitative estimate of drug-likeness (QED) is 0.177. The van der Waals surface area contributed by atoms with E-state index in [0.29, 0.717) is 0 Å². The highest BCUT2D eigenvalue weighted by atomic mass is 32.1. The van der Waals surface area contributed by atoms with Crippen LogP contribution in [0.5, 0.6) is 0 Å². The molecule has 0 saturated carbocycles. The van der Waals surface area contributed by atoms with Crippen molar-refractivity contribution >= 4 is 59.3 Å². The molecule has 0 unspecified atom stereocenters. The number of rotatable bonds is 6. The predicted molar refractivity (Wildman–Crippen MR) is 208 cm³/mol. The van der Waals surface area contributed by atoms with E-state index in [0.717, 1.165) is 17.1 Å². The minimum atomic E-state index is 1.12. The first-order chi connectivity index (χ1) is 23.8. The van der Waals surface area contributed by atoms with Gasteiger partial charge >= 0.3 is 0 Å². The van der Waals surface area contributed by atoms with Gasteiger partial charge in [-0.25, -0.2) is 0 Å². The molecular weight excluding hydrogens is 599 g/mol. The van der Waals surface area contributed by atoms with E-state index < -0.39 is 0 Å². The SMILES string of the molecule is c1ccc(-c2ccc(N(c3ccc(-c4ccccc4-c4cccc5c4sc4ccccc45)cc3)c3cccc4ccccc34)cc2)cc1. The third-order valence-corrected chi connectivity index (χ3v) is 10.5. The van der Waals surface area contributed by atoms with Gasteiger partial charge in [-0.1, -0.05) is 152 Å². The van der Waals surface area contributed by atoms with E-state index in [1.807, 2.05) is 11.3 Å². The largest absolute Gasteiger partial charge is 0.310 e. The summed E-state index contributed by atoms with van der Waals surface area (Å²) < 4.78 is 2.66. The van der Waals surface area contributed by atoms with Gasteiger partial charge in [-0.05, 0) is 69.6 Å². The lowest BCUT2D eigenvalue weighted by molar-refractivity contribution is 1.30. The Morgan fingerprint density at radius 3 is 1.67 bits per heavy atom. The number of benzene rings is 8. The molecular formula is C46H31NS. The van der Waals surface area contributed by atoms with E-state index in [1.54, 1.807) is 0 Å². The van der Waals surface area contributed by atoms with Crippen LogP contribution in [0, 0.1) is 0 Å². The highest BCUT2D eigenvalue weighted by Crippen LogP contribution is 2.44. The summed E-state index contributed by atoms with van der Waals surface area (Å²) in [5.74, 6) is 0. The molecule has 0 radical (unpaired) electrons. The van der Waals surface area contributed by atoms with Crippen LogP contribution < -0.4 is 4.90 Å². The molecule has 0 fully saturated rings. The maximum Gasteiger partial charge on any atom is 0.0540 e. The first-order valence-electron chi connectivity index (χ1n) is 16.4. The van der Waals surface area contributed by atoms with Crippen molar-refractivity contribution in [2.75, 3.05) is 4.90 Å². The second kappa shape index (κ2) is 12.0. The van der Waals surface area contributed by atoms with Crippen molar-refractivity contribution in [3.8, 4) is 33.4 Å². The molecule has 48 heavy (non-hydrogen) atoms. The molecule has 9 rings (SSSR count). The van der Waals surface area contributed by atoms with Crippen molar-refractivity contribution in [1.82, 2.24) is 0 Å². The molecule has 0 saturated heterocycles. The lowest BCUT2D eigenvalue weighted by Gasteiger charge is -2.27. The minimum absolute atomic E-state index is 1.12. The van der Waals surface area contributed by atoms with Crippen LogP contribution in [0.1, 0.15) is 0 Å². The molecule has 0 aliphatic heterocycles. The Labute approximate surface area is 284 Å². The van der Waals surface area contributed by atoms with E-state index in [4.69, 9.17) is 0 Å². The van der Waals surface area contributed by atoms with Gasteiger partial charge in [-0.15, -0.1) is 11.3 Å². The van der Waals surface area contributed by atoms with Crippen molar-refractivity contribution in [2.45, 2.75) is 0 Å². The Morgan fingerprint density at radius 1 is 0.333 bits per heavy atom. The zero-order chi connectivity index (χ0) is 31.9. The van der Waals surface area contributed by atoms with Gasteiger partial charge in [-0.3, -0.25) is 0 Å². The average Bonchev–Trinajstić information content (AvgIpc) is 3.55. The third kappa shape index (κ3) is 4.95. The van der Waals surface area contributed by atoms with Gasteiger partial charge in [0.2, 0.25) is 0 Å². The van der Waals surface area contributed by atoms with E-state index in [1.165, 1.54) is 64.3 Å². The van der Waals surface area contributed by atoms with Crippen LogP contribution in [0.4, 0.5) is 17.1 Å². The zero-order valence-corrected chi connectivity index (χ0v) is 27.1. The molecule has 0 spiro atoms. The second-order valence-electron chi connectivity index (χ2n) is 12.1. The first kappa shape index (κ1) is 28.3. The van der Waals surface area contributed by atoms with E-state index in [9.17, 15) is 0 Å². The molecule has 0 atom stereocenters. The van der Waals surface area contributed by atoms with Gasteiger partial charge in [0.15, 0.2) is 0 Å². The number of hydrogen-bond acceptors (Lipinski definition) is 2. The Bertz CT molecular complexity index is 2540. The molecule has 1 heterocycles. The summed E-state index contributed by atoms with van der Waals surface area (Å²) in [6.07, 6.45) is 0. The minimum Gasteiger partial charge on any atom is -0.310 e. The Balaban J connectivity index is 1.15. The summed E-state index contributed by atoms with van der Waals surface area (Å²) >= 11 is 1.88. The molecule has 0 bridgehead atoms. The average molecular weight is 630 g/mol. The number of hydrogen-bond donors (Lipinski definition) is 0. The summed E-state index contributed by atoms with van der Waals surface area (Å²) in [5.41, 5.74) is 10.8. The molecule has 2 heteroatoms. The van der Waals surface area contributed by atoms with Crippen LogP contribution in [0.15, 0.2) is 188 Å². The number of fused-ring (bicyclic) bond motifs is 4. The monoisotopic (exact) mass is 629 g/mol. The van der Waals surface area contributed by atoms with E-state index in [-0.39, 0.29) is 0 Å². The molecule has 0 N–H and O–H groups in total. The summed E-state index contributed by atoms with van der Waals surface area (Å²) in [6.45, 7) is 0. The second-order valence-corrected chi connectivity index (χ2v) is 13.2. The first-order valence-corrected chi connectivity index (χ1v) is 17.2. The lowest BCUT2D eigenvalue weighted by atomic mass is 9.93. The maximum atomic E-state index is 2.38. The van der Waals surface area contributed by atoms with Gasteiger partial charge in [0.25, 0.3) is 0 Å². The van der Waals surface area contributed by atoms with E-state index in [2.05, 4.69) is 193 Å². The number of nitrogens with zero attached hydrogens (tertiary/aromatic N) is 1. The van der Waals surface area contributed by atoms with Crippen LogP contribution >= 0.6 is 11.3 Å².